The van der Waals surface area contributed by atoms with Crippen molar-refractivity contribution in [2.75, 3.05) is 11.9 Å². The predicted molar refractivity (Wildman–Crippen MR) is 97.8 cm³/mol. The summed E-state index contributed by atoms with van der Waals surface area (Å²) in [5.74, 6) is 0.470. The Morgan fingerprint density at radius 3 is 2.96 bits per heavy atom. The molecule has 2 aromatic rings. The van der Waals surface area contributed by atoms with Crippen molar-refractivity contribution < 1.29 is 13.5 Å². The van der Waals surface area contributed by atoms with Crippen molar-refractivity contribution in [1.82, 2.24) is 4.98 Å². The van der Waals surface area contributed by atoms with E-state index in [1.807, 2.05) is 12.1 Å². The molecule has 3 rings (SSSR count). The van der Waals surface area contributed by atoms with Crippen molar-refractivity contribution in [3.8, 4) is 5.88 Å². The van der Waals surface area contributed by atoms with Gasteiger partial charge in [-0.25, -0.2) is 18.8 Å². The van der Waals surface area contributed by atoms with Gasteiger partial charge in [-0.2, -0.15) is 0 Å². The van der Waals surface area contributed by atoms with Crippen molar-refractivity contribution in [2.45, 2.75) is 38.7 Å². The number of nitrogens with one attached hydrogen (secondary N) is 1. The SMILES string of the molecule is NC(=NCc1ccnc(OCC(F)F)c1)Nc1cccc2c1CCCC2. The summed E-state index contributed by atoms with van der Waals surface area (Å²) in [6, 6.07) is 9.52. The quantitative estimate of drug-likeness (QED) is 0.611. The number of benzene rings is 1. The Hall–Kier alpha value is -2.70. The first kappa shape index (κ1) is 18.1. The van der Waals surface area contributed by atoms with Gasteiger partial charge in [-0.1, -0.05) is 12.1 Å². The highest BCUT2D eigenvalue weighted by Gasteiger charge is 2.13. The average Bonchev–Trinajstić information content (AvgIpc) is 2.65. The number of halogens is 2. The Labute approximate surface area is 151 Å². The summed E-state index contributed by atoms with van der Waals surface area (Å²) in [4.78, 5) is 8.23. The molecule has 1 aromatic carbocycles. The monoisotopic (exact) mass is 360 g/mol. The van der Waals surface area contributed by atoms with E-state index in [1.165, 1.54) is 30.2 Å². The Kier molecular flexibility index (Phi) is 5.99. The minimum Gasteiger partial charge on any atom is -0.472 e. The number of rotatable bonds is 6. The lowest BCUT2D eigenvalue weighted by Crippen LogP contribution is -2.24. The van der Waals surface area contributed by atoms with E-state index >= 15 is 0 Å². The lowest BCUT2D eigenvalue weighted by Gasteiger charge is -2.19. The highest BCUT2D eigenvalue weighted by atomic mass is 19.3. The van der Waals surface area contributed by atoms with Crippen LogP contribution in [0.25, 0.3) is 0 Å². The predicted octanol–water partition coefficient (Wildman–Crippen LogP) is 3.53. The van der Waals surface area contributed by atoms with E-state index in [4.69, 9.17) is 10.5 Å². The maximum absolute atomic E-state index is 12.2. The number of aromatic nitrogens is 1. The second-order valence-corrected chi connectivity index (χ2v) is 6.18. The first-order valence-electron chi connectivity index (χ1n) is 8.65. The number of ether oxygens (including phenoxy) is 1. The number of fused-ring (bicyclic) bond motifs is 1. The summed E-state index contributed by atoms with van der Waals surface area (Å²) in [5, 5.41) is 3.18. The van der Waals surface area contributed by atoms with Gasteiger partial charge in [0, 0.05) is 18.0 Å². The molecule has 0 atom stereocenters. The van der Waals surface area contributed by atoms with Gasteiger partial charge in [-0.05, 0) is 54.5 Å². The molecule has 0 aliphatic heterocycles. The third-order valence-electron chi connectivity index (χ3n) is 4.25. The Morgan fingerprint density at radius 2 is 2.12 bits per heavy atom. The van der Waals surface area contributed by atoms with Crippen molar-refractivity contribution in [3.05, 3.63) is 53.2 Å². The molecule has 7 heteroatoms. The van der Waals surface area contributed by atoms with Crippen molar-refractivity contribution >= 4 is 11.6 Å². The number of aryl methyl sites for hydroxylation is 1. The second-order valence-electron chi connectivity index (χ2n) is 6.18. The number of pyridine rings is 1. The van der Waals surface area contributed by atoms with E-state index in [1.54, 1.807) is 12.1 Å². The normalized spacial score (nSPS) is 14.2. The molecule has 0 fully saturated rings. The van der Waals surface area contributed by atoms with Crippen LogP contribution in [0.3, 0.4) is 0 Å². The summed E-state index contributed by atoms with van der Waals surface area (Å²) in [6.45, 7) is -0.371. The first-order chi connectivity index (χ1) is 12.6. The summed E-state index contributed by atoms with van der Waals surface area (Å²) in [7, 11) is 0. The van der Waals surface area contributed by atoms with E-state index in [0.29, 0.717) is 12.5 Å². The molecule has 0 bridgehead atoms. The van der Waals surface area contributed by atoms with Crippen LogP contribution in [-0.4, -0.2) is 24.0 Å². The smallest absolute Gasteiger partial charge is 0.272 e. The second kappa shape index (κ2) is 8.60. The van der Waals surface area contributed by atoms with E-state index in [0.717, 1.165) is 24.1 Å². The fourth-order valence-electron chi connectivity index (χ4n) is 3.03. The molecule has 1 aliphatic carbocycles. The number of alkyl halides is 2. The summed E-state index contributed by atoms with van der Waals surface area (Å²) in [5.41, 5.74) is 10.5. The van der Waals surface area contributed by atoms with E-state index in [-0.39, 0.29) is 5.88 Å². The van der Waals surface area contributed by atoms with Crippen LogP contribution in [0.1, 0.15) is 29.5 Å². The molecule has 1 aromatic heterocycles. The molecule has 0 spiro atoms. The Morgan fingerprint density at radius 1 is 1.27 bits per heavy atom. The van der Waals surface area contributed by atoms with Gasteiger partial charge in [-0.3, -0.25) is 0 Å². The molecule has 26 heavy (non-hydrogen) atoms. The van der Waals surface area contributed by atoms with Gasteiger partial charge in [0.05, 0.1) is 6.54 Å². The van der Waals surface area contributed by atoms with Crippen molar-refractivity contribution in [1.29, 1.82) is 0 Å². The maximum atomic E-state index is 12.2. The fraction of sp³-hybridized carbons (Fsp3) is 0.368. The topological polar surface area (TPSA) is 72.5 Å². The number of aliphatic imine (C=N–C) groups is 1. The molecule has 0 saturated carbocycles. The molecule has 3 N–H and O–H groups in total. The molecule has 1 heterocycles. The third kappa shape index (κ3) is 4.91. The molecule has 138 valence electrons. The maximum Gasteiger partial charge on any atom is 0.272 e. The molecular weight excluding hydrogens is 338 g/mol. The molecule has 1 aliphatic rings. The lowest BCUT2D eigenvalue weighted by molar-refractivity contribution is 0.0795. The zero-order valence-electron chi connectivity index (χ0n) is 14.4. The van der Waals surface area contributed by atoms with Crippen LogP contribution < -0.4 is 15.8 Å². The largest absolute Gasteiger partial charge is 0.472 e. The van der Waals surface area contributed by atoms with Crippen LogP contribution in [0.5, 0.6) is 5.88 Å². The van der Waals surface area contributed by atoms with Crippen LogP contribution in [0.2, 0.25) is 0 Å². The van der Waals surface area contributed by atoms with Gasteiger partial charge in [0.25, 0.3) is 6.43 Å². The number of guanidine groups is 1. The van der Waals surface area contributed by atoms with Crippen LogP contribution >= 0.6 is 0 Å². The van der Waals surface area contributed by atoms with Gasteiger partial charge in [0.1, 0.15) is 0 Å². The summed E-state index contributed by atoms with van der Waals surface area (Å²) < 4.78 is 29.3. The summed E-state index contributed by atoms with van der Waals surface area (Å²) >= 11 is 0. The van der Waals surface area contributed by atoms with Crippen LogP contribution in [0.4, 0.5) is 14.5 Å². The zero-order chi connectivity index (χ0) is 18.4. The Balaban J connectivity index is 1.63. The molecule has 0 unspecified atom stereocenters. The minimum atomic E-state index is -2.53. The van der Waals surface area contributed by atoms with Gasteiger partial charge < -0.3 is 15.8 Å². The zero-order valence-corrected chi connectivity index (χ0v) is 14.4. The molecule has 5 nitrogen and oxygen atoms in total. The fourth-order valence-corrected chi connectivity index (χ4v) is 3.03. The molecule has 0 amide bonds. The van der Waals surface area contributed by atoms with Crippen molar-refractivity contribution in [2.24, 2.45) is 10.7 Å². The van der Waals surface area contributed by atoms with Gasteiger partial charge >= 0.3 is 0 Å². The number of nitrogens with two attached hydrogens (primary N) is 1. The molecule has 0 saturated heterocycles. The van der Waals surface area contributed by atoms with Crippen LogP contribution in [-0.2, 0) is 19.4 Å². The molecule has 0 radical (unpaired) electrons. The minimum absolute atomic E-state index is 0.154. The van der Waals surface area contributed by atoms with E-state index < -0.39 is 13.0 Å². The van der Waals surface area contributed by atoms with Gasteiger partial charge in [-0.15, -0.1) is 0 Å². The standard InChI is InChI=1S/C19H22F2N4O/c20-17(21)12-26-18-10-13(8-9-23-18)11-24-19(22)25-16-7-3-5-14-4-1-2-6-15(14)16/h3,5,7-10,17H,1-2,4,6,11-12H2,(H3,22,24,25). The summed E-state index contributed by atoms with van der Waals surface area (Å²) in [6.07, 6.45) is 3.51. The van der Waals surface area contributed by atoms with Crippen LogP contribution in [0.15, 0.2) is 41.5 Å². The highest BCUT2D eigenvalue weighted by Crippen LogP contribution is 2.27. The number of nitrogens with zero attached hydrogens (tertiary/aromatic N) is 2. The Bertz CT molecular complexity index is 780. The third-order valence-corrected chi connectivity index (χ3v) is 4.25. The van der Waals surface area contributed by atoms with E-state index in [2.05, 4.69) is 21.4 Å². The molecular formula is C19H22F2N4O. The van der Waals surface area contributed by atoms with Crippen molar-refractivity contribution in [3.63, 3.8) is 0 Å². The van der Waals surface area contributed by atoms with Gasteiger partial charge in [0.15, 0.2) is 12.6 Å². The number of hydrogen-bond acceptors (Lipinski definition) is 3. The number of hydrogen-bond donors (Lipinski definition) is 2. The van der Waals surface area contributed by atoms with Crippen LogP contribution in [0, 0.1) is 0 Å². The van der Waals surface area contributed by atoms with E-state index in [9.17, 15) is 8.78 Å². The van der Waals surface area contributed by atoms with Gasteiger partial charge in [0.2, 0.25) is 5.88 Å². The highest BCUT2D eigenvalue weighted by molar-refractivity contribution is 5.93. The lowest BCUT2D eigenvalue weighted by atomic mass is 9.90. The average molecular weight is 360 g/mol. The number of anilines is 1. The first-order valence-corrected chi connectivity index (χ1v) is 8.65.